The molecular formula is C15H15BrO. The Hall–Kier alpha value is -1.28. The Morgan fingerprint density at radius 1 is 0.882 bits per heavy atom. The van der Waals surface area contributed by atoms with Crippen LogP contribution in [-0.2, 0) is 0 Å². The minimum Gasteiger partial charge on any atom is -0.493 e. The minimum atomic E-state index is 0.386. The smallest absolute Gasteiger partial charge is 0.119 e. The van der Waals surface area contributed by atoms with E-state index in [0.717, 1.165) is 11.1 Å². The molecule has 2 heteroatoms. The van der Waals surface area contributed by atoms with Gasteiger partial charge in [-0.25, -0.2) is 0 Å². The van der Waals surface area contributed by atoms with Crippen LogP contribution in [0, 0.1) is 0 Å². The molecule has 2 rings (SSSR count). The summed E-state index contributed by atoms with van der Waals surface area (Å²) in [7, 11) is 0. The summed E-state index contributed by atoms with van der Waals surface area (Å²) >= 11 is 3.55. The van der Waals surface area contributed by atoms with E-state index >= 15 is 0 Å². The molecule has 0 aliphatic heterocycles. The van der Waals surface area contributed by atoms with Gasteiger partial charge in [-0.3, -0.25) is 0 Å². The summed E-state index contributed by atoms with van der Waals surface area (Å²) in [4.78, 5) is 0. The van der Waals surface area contributed by atoms with Crippen molar-refractivity contribution in [2.45, 2.75) is 5.92 Å². The van der Waals surface area contributed by atoms with E-state index < -0.39 is 0 Å². The summed E-state index contributed by atoms with van der Waals surface area (Å²) in [5, 5.41) is 0.907. The quantitative estimate of drug-likeness (QED) is 0.748. The van der Waals surface area contributed by atoms with Crippen LogP contribution >= 0.6 is 15.9 Å². The van der Waals surface area contributed by atoms with Crippen LogP contribution in [0.3, 0.4) is 0 Å². The van der Waals surface area contributed by atoms with E-state index in [9.17, 15) is 0 Å². The molecule has 2 aromatic rings. The summed E-state index contributed by atoms with van der Waals surface area (Å²) in [6.45, 7) is 0.694. The lowest BCUT2D eigenvalue weighted by Crippen LogP contribution is -2.11. The van der Waals surface area contributed by atoms with Gasteiger partial charge in [-0.15, -0.1) is 0 Å². The van der Waals surface area contributed by atoms with Gasteiger partial charge in [0.2, 0.25) is 0 Å². The molecule has 0 aliphatic carbocycles. The van der Waals surface area contributed by atoms with Crippen molar-refractivity contribution >= 4 is 15.9 Å². The van der Waals surface area contributed by atoms with Crippen molar-refractivity contribution in [3.8, 4) is 5.75 Å². The third-order valence-corrected chi connectivity index (χ3v) is 3.43. The lowest BCUT2D eigenvalue weighted by molar-refractivity contribution is 0.298. The Bertz CT molecular complexity index is 427. The van der Waals surface area contributed by atoms with E-state index in [1.54, 1.807) is 0 Å². The molecule has 1 unspecified atom stereocenters. The van der Waals surface area contributed by atoms with Crippen molar-refractivity contribution in [2.24, 2.45) is 0 Å². The van der Waals surface area contributed by atoms with E-state index in [1.165, 1.54) is 5.56 Å². The molecule has 0 bridgehead atoms. The predicted octanol–water partition coefficient (Wildman–Crippen LogP) is 4.24. The number of alkyl halides is 1. The molecule has 17 heavy (non-hydrogen) atoms. The van der Waals surface area contributed by atoms with Crippen LogP contribution in [0.2, 0.25) is 0 Å². The summed E-state index contributed by atoms with van der Waals surface area (Å²) in [6.07, 6.45) is 0. The molecule has 0 N–H and O–H groups in total. The van der Waals surface area contributed by atoms with Crippen LogP contribution in [0.15, 0.2) is 60.7 Å². The molecule has 1 atom stereocenters. The van der Waals surface area contributed by atoms with Crippen molar-refractivity contribution in [1.82, 2.24) is 0 Å². The molecule has 0 aromatic heterocycles. The van der Waals surface area contributed by atoms with Crippen molar-refractivity contribution in [1.29, 1.82) is 0 Å². The maximum atomic E-state index is 5.78. The zero-order chi connectivity index (χ0) is 11.9. The van der Waals surface area contributed by atoms with Crippen molar-refractivity contribution in [2.75, 3.05) is 11.9 Å². The second kappa shape index (κ2) is 6.45. The first-order valence-corrected chi connectivity index (χ1v) is 6.81. The van der Waals surface area contributed by atoms with Crippen LogP contribution in [0.25, 0.3) is 0 Å². The van der Waals surface area contributed by atoms with Crippen LogP contribution < -0.4 is 4.74 Å². The summed E-state index contributed by atoms with van der Waals surface area (Å²) < 4.78 is 5.78. The van der Waals surface area contributed by atoms with E-state index in [4.69, 9.17) is 4.74 Å². The lowest BCUT2D eigenvalue weighted by atomic mass is 10.0. The number of halogens is 1. The van der Waals surface area contributed by atoms with E-state index in [2.05, 4.69) is 40.2 Å². The largest absolute Gasteiger partial charge is 0.493 e. The van der Waals surface area contributed by atoms with E-state index in [1.807, 2.05) is 36.4 Å². The average Bonchev–Trinajstić information content (AvgIpc) is 2.42. The van der Waals surface area contributed by atoms with Crippen LogP contribution in [-0.4, -0.2) is 11.9 Å². The maximum Gasteiger partial charge on any atom is 0.119 e. The molecular weight excluding hydrogens is 276 g/mol. The highest BCUT2D eigenvalue weighted by atomic mass is 79.9. The summed E-state index contributed by atoms with van der Waals surface area (Å²) in [6, 6.07) is 20.4. The van der Waals surface area contributed by atoms with Crippen molar-refractivity contribution in [3.63, 3.8) is 0 Å². The lowest BCUT2D eigenvalue weighted by Gasteiger charge is -2.15. The standard InChI is InChI=1S/C15H15BrO/c16-11-14(13-7-3-1-4-8-13)12-17-15-9-5-2-6-10-15/h1-10,14H,11-12H2. The molecule has 0 amide bonds. The number of para-hydroxylation sites is 1. The minimum absolute atomic E-state index is 0.386. The fourth-order valence-electron chi connectivity index (χ4n) is 1.67. The molecule has 0 spiro atoms. The Kier molecular flexibility index (Phi) is 4.63. The second-order valence-electron chi connectivity index (χ2n) is 3.89. The highest BCUT2D eigenvalue weighted by Gasteiger charge is 2.10. The van der Waals surface area contributed by atoms with Crippen molar-refractivity contribution < 1.29 is 4.74 Å². The Morgan fingerprint density at radius 3 is 2.06 bits per heavy atom. The molecule has 1 nitrogen and oxygen atoms in total. The monoisotopic (exact) mass is 290 g/mol. The highest BCUT2D eigenvalue weighted by molar-refractivity contribution is 9.09. The van der Waals surface area contributed by atoms with Crippen LogP contribution in [0.1, 0.15) is 11.5 Å². The first-order chi connectivity index (χ1) is 8.40. The first kappa shape index (κ1) is 12.2. The van der Waals surface area contributed by atoms with Gasteiger partial charge >= 0.3 is 0 Å². The molecule has 0 saturated heterocycles. The topological polar surface area (TPSA) is 9.23 Å². The average molecular weight is 291 g/mol. The molecule has 88 valence electrons. The van der Waals surface area contributed by atoms with Gasteiger partial charge in [-0.1, -0.05) is 64.5 Å². The number of rotatable bonds is 5. The maximum absolute atomic E-state index is 5.78. The highest BCUT2D eigenvalue weighted by Crippen LogP contribution is 2.20. The number of benzene rings is 2. The Morgan fingerprint density at radius 2 is 1.47 bits per heavy atom. The predicted molar refractivity (Wildman–Crippen MR) is 74.9 cm³/mol. The van der Waals surface area contributed by atoms with Gasteiger partial charge < -0.3 is 4.74 Å². The van der Waals surface area contributed by atoms with Gasteiger partial charge in [0, 0.05) is 11.2 Å². The van der Waals surface area contributed by atoms with E-state index in [0.29, 0.717) is 12.5 Å². The third kappa shape index (κ3) is 3.60. The number of hydrogen-bond donors (Lipinski definition) is 0. The molecule has 2 aromatic carbocycles. The van der Waals surface area contributed by atoms with Gasteiger partial charge in [0.1, 0.15) is 5.75 Å². The van der Waals surface area contributed by atoms with Gasteiger partial charge in [0.05, 0.1) is 6.61 Å². The molecule has 0 saturated carbocycles. The number of ether oxygens (including phenoxy) is 1. The Balaban J connectivity index is 1.97. The first-order valence-electron chi connectivity index (χ1n) is 5.69. The second-order valence-corrected chi connectivity index (χ2v) is 4.53. The normalized spacial score (nSPS) is 12.1. The fraction of sp³-hybridized carbons (Fsp3) is 0.200. The van der Waals surface area contributed by atoms with Gasteiger partial charge in [-0.05, 0) is 17.7 Å². The van der Waals surface area contributed by atoms with Crippen LogP contribution in [0.4, 0.5) is 0 Å². The third-order valence-electron chi connectivity index (χ3n) is 2.65. The summed E-state index contributed by atoms with van der Waals surface area (Å²) in [5.74, 6) is 1.31. The molecule has 0 radical (unpaired) electrons. The van der Waals surface area contributed by atoms with Gasteiger partial charge in [0.25, 0.3) is 0 Å². The molecule has 0 fully saturated rings. The molecule has 0 aliphatic rings. The molecule has 0 heterocycles. The zero-order valence-corrected chi connectivity index (χ0v) is 11.1. The Labute approximate surface area is 111 Å². The fourth-order valence-corrected chi connectivity index (χ4v) is 2.23. The van der Waals surface area contributed by atoms with E-state index in [-0.39, 0.29) is 0 Å². The number of hydrogen-bond acceptors (Lipinski definition) is 1. The summed E-state index contributed by atoms with van der Waals surface area (Å²) in [5.41, 5.74) is 1.31. The van der Waals surface area contributed by atoms with Gasteiger partial charge in [-0.2, -0.15) is 0 Å². The SMILES string of the molecule is BrCC(COc1ccccc1)c1ccccc1. The van der Waals surface area contributed by atoms with Gasteiger partial charge in [0.15, 0.2) is 0 Å². The van der Waals surface area contributed by atoms with Crippen LogP contribution in [0.5, 0.6) is 5.75 Å². The van der Waals surface area contributed by atoms with Crippen molar-refractivity contribution in [3.05, 3.63) is 66.2 Å². The zero-order valence-electron chi connectivity index (χ0n) is 9.55.